The van der Waals surface area contributed by atoms with Gasteiger partial charge in [-0.1, -0.05) is 108 Å². The van der Waals surface area contributed by atoms with E-state index in [0.29, 0.717) is 17.4 Å². The molecule has 44 heavy (non-hydrogen) atoms. The number of ether oxygens (including phenoxy) is 2. The van der Waals surface area contributed by atoms with Crippen molar-refractivity contribution in [2.24, 2.45) is 0 Å². The minimum absolute atomic E-state index is 0.0356. The SMILES string of the molecule is CC/C=C/C=C/C=C/CCCCCCCC(=O)OC(COC(=O)CCCCCCCCC)COP(=O)([O-])OCC[N+](C)(C)C. The van der Waals surface area contributed by atoms with Gasteiger partial charge in [-0.05, 0) is 32.1 Å². The first-order chi connectivity index (χ1) is 21.0. The van der Waals surface area contributed by atoms with Gasteiger partial charge in [0.25, 0.3) is 7.82 Å². The first-order valence-electron chi connectivity index (χ1n) is 16.7. The van der Waals surface area contributed by atoms with E-state index in [0.717, 1.165) is 64.2 Å². The Morgan fingerprint density at radius 2 is 1.30 bits per heavy atom. The van der Waals surface area contributed by atoms with E-state index in [1.807, 2.05) is 39.4 Å². The average molecular weight is 644 g/mol. The van der Waals surface area contributed by atoms with Crippen LogP contribution in [-0.4, -0.2) is 70.0 Å². The Hall–Kier alpha value is -1.77. The highest BCUT2D eigenvalue weighted by molar-refractivity contribution is 7.45. The summed E-state index contributed by atoms with van der Waals surface area (Å²) in [4.78, 5) is 37.0. The molecule has 0 aliphatic heterocycles. The van der Waals surface area contributed by atoms with Gasteiger partial charge in [-0.25, -0.2) is 0 Å². The van der Waals surface area contributed by atoms with Crippen LogP contribution >= 0.6 is 7.82 Å². The zero-order valence-corrected chi connectivity index (χ0v) is 29.2. The summed E-state index contributed by atoms with van der Waals surface area (Å²) < 4.78 is 33.5. The number of hydrogen-bond acceptors (Lipinski definition) is 8. The molecular formula is C34H62NO8P. The number of carbonyl (C=O) groups is 2. The highest BCUT2D eigenvalue weighted by Gasteiger charge is 2.21. The van der Waals surface area contributed by atoms with Gasteiger partial charge < -0.3 is 27.9 Å². The van der Waals surface area contributed by atoms with Gasteiger partial charge in [0, 0.05) is 12.8 Å². The van der Waals surface area contributed by atoms with Crippen LogP contribution in [0, 0.1) is 0 Å². The lowest BCUT2D eigenvalue weighted by atomic mass is 10.1. The zero-order chi connectivity index (χ0) is 32.9. The maximum atomic E-state index is 12.5. The summed E-state index contributed by atoms with van der Waals surface area (Å²) in [5.41, 5.74) is 0. The quantitative estimate of drug-likeness (QED) is 0.0269. The molecule has 0 saturated carbocycles. The van der Waals surface area contributed by atoms with Crippen LogP contribution in [0.1, 0.15) is 117 Å². The normalized spacial score (nSPS) is 14.4. The van der Waals surface area contributed by atoms with Crippen molar-refractivity contribution < 1.29 is 42.1 Å². The second-order valence-electron chi connectivity index (χ2n) is 12.2. The smallest absolute Gasteiger partial charge is 0.306 e. The van der Waals surface area contributed by atoms with Crippen LogP contribution in [-0.2, 0) is 32.7 Å². The number of carbonyl (C=O) groups excluding carboxylic acids is 2. The van der Waals surface area contributed by atoms with Crippen molar-refractivity contribution in [1.82, 2.24) is 0 Å². The maximum absolute atomic E-state index is 12.5. The topological polar surface area (TPSA) is 111 Å². The predicted octanol–water partition coefficient (Wildman–Crippen LogP) is 7.60. The molecule has 0 radical (unpaired) electrons. The van der Waals surface area contributed by atoms with Crippen molar-refractivity contribution in [3.8, 4) is 0 Å². The molecule has 0 N–H and O–H groups in total. The average Bonchev–Trinajstić information content (AvgIpc) is 2.95. The largest absolute Gasteiger partial charge is 0.756 e. The Morgan fingerprint density at radius 1 is 0.727 bits per heavy atom. The van der Waals surface area contributed by atoms with Gasteiger partial charge in [0.1, 0.15) is 19.8 Å². The van der Waals surface area contributed by atoms with Crippen LogP contribution in [0.3, 0.4) is 0 Å². The summed E-state index contributed by atoms with van der Waals surface area (Å²) in [5.74, 6) is -0.872. The third-order valence-corrected chi connectivity index (χ3v) is 7.70. The lowest BCUT2D eigenvalue weighted by Gasteiger charge is -2.28. The Morgan fingerprint density at radius 3 is 1.91 bits per heavy atom. The molecule has 0 spiro atoms. The number of hydrogen-bond donors (Lipinski definition) is 0. The number of phosphoric ester groups is 1. The standard InChI is InChI=1S/C34H62NO8P/c1-6-8-10-12-14-15-16-17-18-19-21-23-25-27-34(37)43-32(31-42-44(38,39)41-29-28-35(3,4)5)30-40-33(36)26-24-22-20-13-11-9-7-2/h8,10,12,14-16,32H,6-7,9,11,13,17-31H2,1-5H3/b10-8+,14-12+,16-15+. The molecule has 256 valence electrons. The van der Waals surface area contributed by atoms with Crippen molar-refractivity contribution in [3.63, 3.8) is 0 Å². The van der Waals surface area contributed by atoms with Gasteiger partial charge >= 0.3 is 11.9 Å². The molecule has 0 aromatic heterocycles. The van der Waals surface area contributed by atoms with Crippen molar-refractivity contribution in [1.29, 1.82) is 0 Å². The maximum Gasteiger partial charge on any atom is 0.306 e. The Labute approximate surface area is 268 Å². The summed E-state index contributed by atoms with van der Waals surface area (Å²) in [7, 11) is 1.14. The molecule has 0 heterocycles. The Balaban J connectivity index is 4.54. The van der Waals surface area contributed by atoms with Gasteiger partial charge in [-0.2, -0.15) is 0 Å². The van der Waals surface area contributed by atoms with Gasteiger partial charge in [0.2, 0.25) is 0 Å². The van der Waals surface area contributed by atoms with Crippen LogP contribution < -0.4 is 4.89 Å². The first kappa shape index (κ1) is 42.2. The van der Waals surface area contributed by atoms with E-state index in [4.69, 9.17) is 18.5 Å². The number of quaternary nitrogens is 1. The van der Waals surface area contributed by atoms with Gasteiger partial charge in [-0.3, -0.25) is 14.2 Å². The van der Waals surface area contributed by atoms with Crippen LogP contribution in [0.5, 0.6) is 0 Å². The molecule has 10 heteroatoms. The van der Waals surface area contributed by atoms with Crippen molar-refractivity contribution in [2.75, 3.05) is 47.5 Å². The van der Waals surface area contributed by atoms with Crippen LogP contribution in [0.4, 0.5) is 0 Å². The lowest BCUT2D eigenvalue weighted by molar-refractivity contribution is -0.870. The van der Waals surface area contributed by atoms with Gasteiger partial charge in [0.05, 0.1) is 27.7 Å². The molecule has 0 bridgehead atoms. The second kappa shape index (κ2) is 27.5. The fourth-order valence-corrected chi connectivity index (χ4v) is 4.79. The van der Waals surface area contributed by atoms with Crippen molar-refractivity contribution in [2.45, 2.75) is 123 Å². The number of nitrogens with zero attached hydrogens (tertiary/aromatic N) is 1. The predicted molar refractivity (Wildman–Crippen MR) is 176 cm³/mol. The van der Waals surface area contributed by atoms with E-state index in [-0.39, 0.29) is 26.1 Å². The molecule has 0 saturated heterocycles. The van der Waals surface area contributed by atoms with E-state index in [2.05, 4.69) is 32.1 Å². The fraction of sp³-hybridized carbons (Fsp3) is 0.765. The van der Waals surface area contributed by atoms with E-state index in [1.54, 1.807) is 0 Å². The number of unbranched alkanes of at least 4 members (excludes halogenated alkanes) is 11. The van der Waals surface area contributed by atoms with Gasteiger partial charge in [0.15, 0.2) is 6.10 Å². The van der Waals surface area contributed by atoms with Crippen molar-refractivity contribution >= 4 is 19.8 Å². The third kappa shape index (κ3) is 30.3. The molecular weight excluding hydrogens is 581 g/mol. The van der Waals surface area contributed by atoms with Gasteiger partial charge in [-0.15, -0.1) is 0 Å². The molecule has 0 amide bonds. The van der Waals surface area contributed by atoms with Crippen LogP contribution in [0.2, 0.25) is 0 Å². The van der Waals surface area contributed by atoms with Crippen LogP contribution in [0.25, 0.3) is 0 Å². The second-order valence-corrected chi connectivity index (χ2v) is 13.6. The van der Waals surface area contributed by atoms with Crippen molar-refractivity contribution in [3.05, 3.63) is 36.5 Å². The molecule has 0 aliphatic carbocycles. The lowest BCUT2D eigenvalue weighted by Crippen LogP contribution is -2.37. The number of likely N-dealkylation sites (N-methyl/N-ethyl adjacent to an activating group) is 1. The van der Waals surface area contributed by atoms with E-state index < -0.39 is 32.5 Å². The van der Waals surface area contributed by atoms with E-state index >= 15 is 0 Å². The minimum Gasteiger partial charge on any atom is -0.756 e. The molecule has 2 atom stereocenters. The fourth-order valence-electron chi connectivity index (χ4n) is 4.06. The van der Waals surface area contributed by atoms with E-state index in [9.17, 15) is 19.0 Å². The first-order valence-corrected chi connectivity index (χ1v) is 18.2. The molecule has 0 aliphatic rings. The molecule has 0 aromatic rings. The third-order valence-electron chi connectivity index (χ3n) is 6.74. The minimum atomic E-state index is -4.61. The van der Waals surface area contributed by atoms with E-state index in [1.165, 1.54) is 19.3 Å². The molecule has 2 unspecified atom stereocenters. The highest BCUT2D eigenvalue weighted by Crippen LogP contribution is 2.38. The Bertz CT molecular complexity index is 866. The summed E-state index contributed by atoms with van der Waals surface area (Å²) in [6.07, 6.45) is 26.2. The number of rotatable bonds is 29. The highest BCUT2D eigenvalue weighted by atomic mass is 31.2. The zero-order valence-electron chi connectivity index (χ0n) is 28.3. The molecule has 9 nitrogen and oxygen atoms in total. The molecule has 0 fully saturated rings. The Kier molecular flexibility index (Phi) is 26.4. The number of phosphoric acid groups is 1. The molecule has 0 aromatic carbocycles. The number of esters is 2. The summed E-state index contributed by atoms with van der Waals surface area (Å²) >= 11 is 0. The summed E-state index contributed by atoms with van der Waals surface area (Å²) in [6.45, 7) is 3.98. The summed E-state index contributed by atoms with van der Waals surface area (Å²) in [6, 6.07) is 0. The van der Waals surface area contributed by atoms with Crippen LogP contribution in [0.15, 0.2) is 36.5 Å². The molecule has 0 rings (SSSR count). The monoisotopic (exact) mass is 643 g/mol. The summed E-state index contributed by atoms with van der Waals surface area (Å²) in [5, 5.41) is 0. The number of allylic oxidation sites excluding steroid dienone is 6.